The summed E-state index contributed by atoms with van der Waals surface area (Å²) >= 11 is 1.81. The fourth-order valence-corrected chi connectivity index (χ4v) is 5.82. The van der Waals surface area contributed by atoms with E-state index >= 15 is 0 Å². The van der Waals surface area contributed by atoms with Gasteiger partial charge < -0.3 is 14.4 Å². The van der Waals surface area contributed by atoms with Crippen LogP contribution >= 0.6 is 11.3 Å². The number of nitrogens with zero attached hydrogens (tertiary/aromatic N) is 1. The Bertz CT molecular complexity index is 1260. The Balaban J connectivity index is 1.56. The molecule has 0 radical (unpaired) electrons. The molecule has 31 heavy (non-hydrogen) atoms. The number of rotatable bonds is 5. The topological polar surface area (TPSA) is 38.8 Å². The summed E-state index contributed by atoms with van der Waals surface area (Å²) in [6.07, 6.45) is 0.749. The van der Waals surface area contributed by atoms with Crippen molar-refractivity contribution in [2.24, 2.45) is 5.92 Å². The molecule has 2 heterocycles. The standard InChI is InChI=1S/C26H25NO3S/c1-16-13-20(25-21(29-2)8-6-9-22(25)30-3)27(26(16)28)15-17-11-12-24-19(14-17)18-7-4-5-10-23(18)31-24/h4-12,14,16,20H,13,15H2,1-3H3. The number of amides is 1. The molecular weight excluding hydrogens is 406 g/mol. The van der Waals surface area contributed by atoms with Crippen LogP contribution in [0.25, 0.3) is 20.2 Å². The number of benzene rings is 3. The van der Waals surface area contributed by atoms with Gasteiger partial charge in [-0.15, -0.1) is 11.3 Å². The van der Waals surface area contributed by atoms with E-state index in [9.17, 15) is 4.79 Å². The molecule has 158 valence electrons. The van der Waals surface area contributed by atoms with E-state index in [0.29, 0.717) is 6.54 Å². The van der Waals surface area contributed by atoms with Crippen molar-refractivity contribution in [1.29, 1.82) is 0 Å². The molecule has 0 saturated carbocycles. The number of likely N-dealkylation sites (tertiary alicyclic amines) is 1. The molecule has 1 aromatic heterocycles. The molecule has 5 rings (SSSR count). The number of ether oxygens (including phenoxy) is 2. The second-order valence-corrected chi connectivity index (χ2v) is 9.21. The average Bonchev–Trinajstić information content (AvgIpc) is 3.30. The van der Waals surface area contributed by atoms with Crippen LogP contribution < -0.4 is 9.47 Å². The smallest absolute Gasteiger partial charge is 0.226 e. The van der Waals surface area contributed by atoms with Crippen LogP contribution in [0.2, 0.25) is 0 Å². The first-order valence-corrected chi connectivity index (χ1v) is 11.3. The highest BCUT2D eigenvalue weighted by atomic mass is 32.1. The van der Waals surface area contributed by atoms with Gasteiger partial charge in [0.25, 0.3) is 0 Å². The van der Waals surface area contributed by atoms with Crippen molar-refractivity contribution in [2.45, 2.75) is 25.9 Å². The van der Waals surface area contributed by atoms with E-state index < -0.39 is 0 Å². The minimum atomic E-state index is -0.0801. The average molecular weight is 432 g/mol. The van der Waals surface area contributed by atoms with Gasteiger partial charge in [0.2, 0.25) is 5.91 Å². The van der Waals surface area contributed by atoms with E-state index in [4.69, 9.17) is 9.47 Å². The molecule has 5 heteroatoms. The first-order valence-electron chi connectivity index (χ1n) is 10.5. The molecule has 1 fully saturated rings. The number of hydrogen-bond donors (Lipinski definition) is 0. The van der Waals surface area contributed by atoms with Crippen LogP contribution in [-0.2, 0) is 11.3 Å². The van der Waals surface area contributed by atoms with Gasteiger partial charge in [-0.2, -0.15) is 0 Å². The summed E-state index contributed by atoms with van der Waals surface area (Å²) in [5.74, 6) is 1.66. The van der Waals surface area contributed by atoms with E-state index in [1.165, 1.54) is 20.2 Å². The Hall–Kier alpha value is -3.05. The lowest BCUT2D eigenvalue weighted by Gasteiger charge is -2.28. The van der Waals surface area contributed by atoms with E-state index in [1.54, 1.807) is 14.2 Å². The van der Waals surface area contributed by atoms with Gasteiger partial charge in [-0.3, -0.25) is 4.79 Å². The second kappa shape index (κ2) is 7.89. The fraction of sp³-hybridized carbons (Fsp3) is 0.269. The van der Waals surface area contributed by atoms with Gasteiger partial charge in [0.05, 0.1) is 25.8 Å². The predicted octanol–water partition coefficient (Wildman–Crippen LogP) is 6.18. The molecule has 1 amide bonds. The molecule has 0 aliphatic carbocycles. The SMILES string of the molecule is COc1cccc(OC)c1C1CC(C)C(=O)N1Cc1ccc2sc3ccccc3c2c1. The molecule has 0 N–H and O–H groups in total. The highest BCUT2D eigenvalue weighted by molar-refractivity contribution is 7.25. The Labute approximate surface area is 186 Å². The lowest BCUT2D eigenvalue weighted by molar-refractivity contribution is -0.132. The van der Waals surface area contributed by atoms with Crippen LogP contribution in [0.5, 0.6) is 11.5 Å². The molecule has 0 bridgehead atoms. The van der Waals surface area contributed by atoms with Crippen molar-refractivity contribution in [2.75, 3.05) is 14.2 Å². The maximum Gasteiger partial charge on any atom is 0.226 e. The van der Waals surface area contributed by atoms with Gasteiger partial charge in [-0.1, -0.05) is 37.3 Å². The highest BCUT2D eigenvalue weighted by Crippen LogP contribution is 2.45. The number of carbonyl (C=O) groups is 1. The van der Waals surface area contributed by atoms with E-state index in [1.807, 2.05) is 41.4 Å². The monoisotopic (exact) mass is 431 g/mol. The zero-order valence-electron chi connectivity index (χ0n) is 17.9. The number of thiophene rings is 1. The Morgan fingerprint density at radius 2 is 1.65 bits per heavy atom. The molecule has 1 aliphatic rings. The third-order valence-corrected chi connectivity index (χ3v) is 7.40. The van der Waals surface area contributed by atoms with Crippen LogP contribution in [0, 0.1) is 5.92 Å². The fourth-order valence-electron chi connectivity index (χ4n) is 4.74. The molecule has 1 aliphatic heterocycles. The van der Waals surface area contributed by atoms with Crippen molar-refractivity contribution in [3.8, 4) is 11.5 Å². The van der Waals surface area contributed by atoms with Crippen molar-refractivity contribution in [3.05, 3.63) is 71.8 Å². The van der Waals surface area contributed by atoms with Crippen LogP contribution in [0.15, 0.2) is 60.7 Å². The van der Waals surface area contributed by atoms with Gasteiger partial charge >= 0.3 is 0 Å². The van der Waals surface area contributed by atoms with E-state index in [2.05, 4.69) is 42.5 Å². The van der Waals surface area contributed by atoms with Crippen LogP contribution in [0.1, 0.15) is 30.5 Å². The maximum absolute atomic E-state index is 13.2. The Morgan fingerprint density at radius 1 is 0.935 bits per heavy atom. The molecule has 3 aromatic carbocycles. The zero-order valence-corrected chi connectivity index (χ0v) is 18.7. The molecule has 1 saturated heterocycles. The van der Waals surface area contributed by atoms with Gasteiger partial charge in [0.15, 0.2) is 0 Å². The first kappa shape index (κ1) is 19.9. The summed E-state index contributed by atoms with van der Waals surface area (Å²) in [5.41, 5.74) is 2.09. The Morgan fingerprint density at radius 3 is 2.39 bits per heavy atom. The molecule has 0 spiro atoms. The summed E-state index contributed by atoms with van der Waals surface area (Å²) in [4.78, 5) is 15.2. The Kier molecular flexibility index (Phi) is 5.06. The van der Waals surface area contributed by atoms with Crippen molar-refractivity contribution >= 4 is 37.4 Å². The van der Waals surface area contributed by atoms with Gasteiger partial charge in [-0.25, -0.2) is 0 Å². The number of hydrogen-bond acceptors (Lipinski definition) is 4. The summed E-state index contributed by atoms with van der Waals surface area (Å²) < 4.78 is 13.9. The van der Waals surface area contributed by atoms with Crippen LogP contribution in [0.4, 0.5) is 0 Å². The molecule has 2 atom stereocenters. The number of fused-ring (bicyclic) bond motifs is 3. The normalized spacial score (nSPS) is 18.8. The summed E-state index contributed by atoms with van der Waals surface area (Å²) in [5, 5.41) is 2.53. The van der Waals surface area contributed by atoms with Crippen molar-refractivity contribution in [3.63, 3.8) is 0 Å². The first-order chi connectivity index (χ1) is 15.1. The largest absolute Gasteiger partial charge is 0.496 e. The maximum atomic E-state index is 13.2. The van der Waals surface area contributed by atoms with E-state index in [0.717, 1.165) is 29.0 Å². The third-order valence-electron chi connectivity index (χ3n) is 6.25. The molecular formula is C26H25NO3S. The number of carbonyl (C=O) groups excluding carboxylic acids is 1. The van der Waals surface area contributed by atoms with Crippen molar-refractivity contribution < 1.29 is 14.3 Å². The zero-order chi connectivity index (χ0) is 21.5. The minimum absolute atomic E-state index is 0.0367. The van der Waals surface area contributed by atoms with Gasteiger partial charge in [0, 0.05) is 32.6 Å². The summed E-state index contributed by atoms with van der Waals surface area (Å²) in [6.45, 7) is 2.57. The van der Waals surface area contributed by atoms with Crippen molar-refractivity contribution in [1.82, 2.24) is 4.90 Å². The third kappa shape index (κ3) is 3.33. The van der Waals surface area contributed by atoms with Gasteiger partial charge in [-0.05, 0) is 42.3 Å². The summed E-state index contributed by atoms with van der Waals surface area (Å²) in [6, 6.07) is 20.8. The minimum Gasteiger partial charge on any atom is -0.496 e. The molecule has 2 unspecified atom stereocenters. The lowest BCUT2D eigenvalue weighted by atomic mass is 9.98. The summed E-state index contributed by atoms with van der Waals surface area (Å²) in [7, 11) is 3.33. The van der Waals surface area contributed by atoms with Gasteiger partial charge in [0.1, 0.15) is 11.5 Å². The number of methoxy groups -OCH3 is 2. The van der Waals surface area contributed by atoms with E-state index in [-0.39, 0.29) is 17.9 Å². The van der Waals surface area contributed by atoms with Crippen LogP contribution in [0.3, 0.4) is 0 Å². The quantitative estimate of drug-likeness (QED) is 0.379. The lowest BCUT2D eigenvalue weighted by Crippen LogP contribution is -2.29. The predicted molar refractivity (Wildman–Crippen MR) is 126 cm³/mol. The molecule has 4 aromatic rings. The molecule has 4 nitrogen and oxygen atoms in total. The second-order valence-electron chi connectivity index (χ2n) is 8.12. The highest BCUT2D eigenvalue weighted by Gasteiger charge is 2.40. The van der Waals surface area contributed by atoms with Crippen LogP contribution in [-0.4, -0.2) is 25.0 Å².